The second-order valence-electron chi connectivity index (χ2n) is 3.11. The minimum atomic E-state index is -0.377. The van der Waals surface area contributed by atoms with Gasteiger partial charge in [-0.25, -0.2) is 0 Å². The van der Waals surface area contributed by atoms with Gasteiger partial charge in [0.25, 0.3) is 0 Å². The van der Waals surface area contributed by atoms with Crippen LogP contribution in [0.25, 0.3) is 0 Å². The number of rotatable bonds is 1. The first-order valence-electron chi connectivity index (χ1n) is 4.12. The van der Waals surface area contributed by atoms with E-state index in [2.05, 4.69) is 15.9 Å². The van der Waals surface area contributed by atoms with E-state index in [1.807, 2.05) is 25.1 Å². The van der Waals surface area contributed by atoms with Crippen LogP contribution in [0.3, 0.4) is 0 Å². The fraction of sp³-hybridized carbons (Fsp3) is 0.300. The standard InChI is InChI=1S/C10H9BrO2/c1-6-9-4-7(11)2-3-8(9)10(5-12)13-6/h2-6,10H,1H3. The van der Waals surface area contributed by atoms with Crippen molar-refractivity contribution in [1.29, 1.82) is 0 Å². The lowest BCUT2D eigenvalue weighted by Gasteiger charge is -2.02. The summed E-state index contributed by atoms with van der Waals surface area (Å²) in [4.78, 5) is 10.7. The summed E-state index contributed by atoms with van der Waals surface area (Å²) in [6, 6.07) is 5.86. The van der Waals surface area contributed by atoms with Crippen LogP contribution >= 0.6 is 15.9 Å². The molecule has 0 amide bonds. The van der Waals surface area contributed by atoms with E-state index in [9.17, 15) is 4.79 Å². The van der Waals surface area contributed by atoms with Gasteiger partial charge in [-0.15, -0.1) is 0 Å². The first-order chi connectivity index (χ1) is 6.22. The summed E-state index contributed by atoms with van der Waals surface area (Å²) in [6.45, 7) is 1.95. The average Bonchev–Trinajstić information content (AvgIpc) is 2.43. The summed E-state index contributed by atoms with van der Waals surface area (Å²) in [5.74, 6) is 0. The van der Waals surface area contributed by atoms with Crippen LogP contribution in [0.2, 0.25) is 0 Å². The maximum Gasteiger partial charge on any atom is 0.153 e. The number of aldehydes is 1. The van der Waals surface area contributed by atoms with Crippen molar-refractivity contribution < 1.29 is 9.53 Å². The molecule has 1 aromatic rings. The van der Waals surface area contributed by atoms with E-state index in [-0.39, 0.29) is 12.2 Å². The predicted molar refractivity (Wildman–Crippen MR) is 52.4 cm³/mol. The molecule has 2 atom stereocenters. The van der Waals surface area contributed by atoms with E-state index in [1.54, 1.807) is 0 Å². The summed E-state index contributed by atoms with van der Waals surface area (Å²) >= 11 is 3.39. The molecular weight excluding hydrogens is 232 g/mol. The zero-order valence-corrected chi connectivity index (χ0v) is 8.74. The van der Waals surface area contributed by atoms with Crippen molar-refractivity contribution >= 4 is 22.2 Å². The van der Waals surface area contributed by atoms with E-state index in [4.69, 9.17) is 4.74 Å². The predicted octanol–water partition coefficient (Wildman–Crippen LogP) is 2.78. The van der Waals surface area contributed by atoms with Gasteiger partial charge in [0, 0.05) is 4.47 Å². The normalized spacial score (nSPS) is 25.7. The van der Waals surface area contributed by atoms with E-state index >= 15 is 0 Å². The summed E-state index contributed by atoms with van der Waals surface area (Å²) in [5, 5.41) is 0. The van der Waals surface area contributed by atoms with Gasteiger partial charge in [-0.1, -0.05) is 22.0 Å². The van der Waals surface area contributed by atoms with Crippen molar-refractivity contribution in [2.75, 3.05) is 0 Å². The fourth-order valence-corrected chi connectivity index (χ4v) is 2.01. The SMILES string of the molecule is CC1OC(C=O)c2ccc(Br)cc21. The van der Waals surface area contributed by atoms with Crippen LogP contribution in [-0.4, -0.2) is 6.29 Å². The van der Waals surface area contributed by atoms with Gasteiger partial charge >= 0.3 is 0 Å². The van der Waals surface area contributed by atoms with Crippen molar-refractivity contribution in [1.82, 2.24) is 0 Å². The zero-order chi connectivity index (χ0) is 9.42. The monoisotopic (exact) mass is 240 g/mol. The van der Waals surface area contributed by atoms with Gasteiger partial charge in [0.1, 0.15) is 6.10 Å². The van der Waals surface area contributed by atoms with Crippen molar-refractivity contribution in [3.8, 4) is 0 Å². The molecule has 1 aliphatic rings. The second-order valence-corrected chi connectivity index (χ2v) is 4.02. The van der Waals surface area contributed by atoms with Crippen LogP contribution in [0, 0.1) is 0 Å². The highest BCUT2D eigenvalue weighted by Crippen LogP contribution is 2.38. The van der Waals surface area contributed by atoms with Crippen LogP contribution in [-0.2, 0) is 9.53 Å². The largest absolute Gasteiger partial charge is 0.358 e. The molecule has 0 radical (unpaired) electrons. The van der Waals surface area contributed by atoms with Crippen LogP contribution in [0.5, 0.6) is 0 Å². The Kier molecular flexibility index (Phi) is 2.22. The number of carbonyl (C=O) groups is 1. The Morgan fingerprint density at radius 2 is 2.23 bits per heavy atom. The topological polar surface area (TPSA) is 26.3 Å². The molecular formula is C10H9BrO2. The molecule has 2 unspecified atom stereocenters. The van der Waals surface area contributed by atoms with Crippen LogP contribution < -0.4 is 0 Å². The molecule has 1 aromatic carbocycles. The summed E-state index contributed by atoms with van der Waals surface area (Å²) in [5.41, 5.74) is 2.09. The first kappa shape index (κ1) is 8.91. The van der Waals surface area contributed by atoms with Gasteiger partial charge in [-0.3, -0.25) is 0 Å². The number of carbonyl (C=O) groups excluding carboxylic acids is 1. The molecule has 0 spiro atoms. The zero-order valence-electron chi connectivity index (χ0n) is 7.16. The Balaban J connectivity index is 2.51. The van der Waals surface area contributed by atoms with E-state index in [1.165, 1.54) is 0 Å². The fourth-order valence-electron chi connectivity index (χ4n) is 1.63. The molecule has 0 saturated heterocycles. The highest BCUT2D eigenvalue weighted by molar-refractivity contribution is 9.10. The van der Waals surface area contributed by atoms with Crippen molar-refractivity contribution in [3.05, 3.63) is 33.8 Å². The molecule has 3 heteroatoms. The van der Waals surface area contributed by atoms with Gasteiger partial charge in [-0.05, 0) is 30.2 Å². The van der Waals surface area contributed by atoms with E-state index in [0.717, 1.165) is 21.9 Å². The highest BCUT2D eigenvalue weighted by Gasteiger charge is 2.28. The van der Waals surface area contributed by atoms with Gasteiger partial charge in [0.15, 0.2) is 6.29 Å². The lowest BCUT2D eigenvalue weighted by Crippen LogP contribution is -1.96. The van der Waals surface area contributed by atoms with Gasteiger partial charge in [0.05, 0.1) is 6.10 Å². The van der Waals surface area contributed by atoms with Crippen molar-refractivity contribution in [2.24, 2.45) is 0 Å². The van der Waals surface area contributed by atoms with Crippen LogP contribution in [0.4, 0.5) is 0 Å². The summed E-state index contributed by atoms with van der Waals surface area (Å²) in [7, 11) is 0. The maximum absolute atomic E-state index is 10.7. The second kappa shape index (κ2) is 3.24. The Morgan fingerprint density at radius 3 is 2.92 bits per heavy atom. The molecule has 68 valence electrons. The average molecular weight is 241 g/mol. The highest BCUT2D eigenvalue weighted by atomic mass is 79.9. The molecule has 1 aliphatic heterocycles. The molecule has 2 nitrogen and oxygen atoms in total. The number of hydrogen-bond donors (Lipinski definition) is 0. The van der Waals surface area contributed by atoms with Gasteiger partial charge in [0.2, 0.25) is 0 Å². The van der Waals surface area contributed by atoms with Crippen LogP contribution in [0.1, 0.15) is 30.3 Å². The minimum Gasteiger partial charge on any atom is -0.358 e. The Morgan fingerprint density at radius 1 is 1.46 bits per heavy atom. The Labute approximate surface area is 85.0 Å². The Hall–Kier alpha value is -0.670. The molecule has 0 saturated carbocycles. The minimum absolute atomic E-state index is 0.0164. The lowest BCUT2D eigenvalue weighted by molar-refractivity contribution is -0.119. The first-order valence-corrected chi connectivity index (χ1v) is 4.92. The molecule has 0 N–H and O–H groups in total. The lowest BCUT2D eigenvalue weighted by atomic mass is 10.0. The van der Waals surface area contributed by atoms with Crippen LogP contribution in [0.15, 0.2) is 22.7 Å². The third-order valence-electron chi connectivity index (χ3n) is 2.27. The summed E-state index contributed by atoms with van der Waals surface area (Å²) in [6.07, 6.45) is 0.483. The molecule has 0 fully saturated rings. The van der Waals surface area contributed by atoms with Crippen molar-refractivity contribution in [2.45, 2.75) is 19.1 Å². The molecule has 1 heterocycles. The molecule has 0 aliphatic carbocycles. The third kappa shape index (κ3) is 1.42. The third-order valence-corrected chi connectivity index (χ3v) is 2.76. The molecule has 0 aromatic heterocycles. The number of fused-ring (bicyclic) bond motifs is 1. The molecule has 13 heavy (non-hydrogen) atoms. The van der Waals surface area contributed by atoms with Gasteiger partial charge in [-0.2, -0.15) is 0 Å². The number of hydrogen-bond acceptors (Lipinski definition) is 2. The molecule has 0 bridgehead atoms. The molecule has 2 rings (SSSR count). The van der Waals surface area contributed by atoms with E-state index in [0.29, 0.717) is 0 Å². The van der Waals surface area contributed by atoms with E-state index < -0.39 is 0 Å². The Bertz CT molecular complexity index is 349. The number of halogens is 1. The van der Waals surface area contributed by atoms with Crippen molar-refractivity contribution in [3.63, 3.8) is 0 Å². The number of benzene rings is 1. The smallest absolute Gasteiger partial charge is 0.153 e. The number of ether oxygens (including phenoxy) is 1. The quantitative estimate of drug-likeness (QED) is 0.706. The summed E-state index contributed by atoms with van der Waals surface area (Å²) < 4.78 is 6.47. The maximum atomic E-state index is 10.7. The van der Waals surface area contributed by atoms with Gasteiger partial charge < -0.3 is 9.53 Å².